The van der Waals surface area contributed by atoms with Gasteiger partial charge in [-0.3, -0.25) is 4.90 Å². The first-order valence-electron chi connectivity index (χ1n) is 5.90. The monoisotopic (exact) mass is 230 g/mol. The second-order valence-electron chi connectivity index (χ2n) is 4.64. The quantitative estimate of drug-likeness (QED) is 0.799. The van der Waals surface area contributed by atoms with E-state index in [9.17, 15) is 0 Å². The molecule has 1 saturated heterocycles. The molecule has 0 aliphatic carbocycles. The molecule has 0 amide bonds. The predicted octanol–water partition coefficient (Wildman–Crippen LogP) is 2.59. The Labute approximate surface area is 98.7 Å². The summed E-state index contributed by atoms with van der Waals surface area (Å²) in [5.41, 5.74) is 2.96. The fourth-order valence-electron chi connectivity index (χ4n) is 2.20. The van der Waals surface area contributed by atoms with Gasteiger partial charge in [0.2, 0.25) is 0 Å². The second-order valence-corrected chi connectivity index (χ2v) is 4.85. The molecule has 0 spiro atoms. The van der Waals surface area contributed by atoms with Crippen molar-refractivity contribution in [3.05, 3.63) is 11.1 Å². The van der Waals surface area contributed by atoms with Crippen LogP contribution in [-0.4, -0.2) is 36.6 Å². The Bertz CT molecular complexity index is 216. The van der Waals surface area contributed by atoms with Crippen molar-refractivity contribution in [1.82, 2.24) is 10.2 Å². The van der Waals surface area contributed by atoms with E-state index in [1.165, 1.54) is 18.4 Å². The van der Waals surface area contributed by atoms with Gasteiger partial charge in [-0.2, -0.15) is 0 Å². The molecule has 1 heterocycles. The molecule has 1 aliphatic rings. The summed E-state index contributed by atoms with van der Waals surface area (Å²) in [5, 5.41) is 3.54. The topological polar surface area (TPSA) is 15.3 Å². The van der Waals surface area contributed by atoms with E-state index in [-0.39, 0.29) is 0 Å². The third-order valence-corrected chi connectivity index (χ3v) is 3.36. The summed E-state index contributed by atoms with van der Waals surface area (Å²) in [6, 6.07) is 1.28. The summed E-state index contributed by atoms with van der Waals surface area (Å²) in [7, 11) is 0. The molecule has 88 valence electrons. The van der Waals surface area contributed by atoms with E-state index < -0.39 is 0 Å². The summed E-state index contributed by atoms with van der Waals surface area (Å²) >= 11 is 5.73. The average molecular weight is 231 g/mol. The molecule has 0 aromatic carbocycles. The minimum atomic E-state index is 0.598. The SMILES string of the molecule is CCCC1CNC(C)CN1CC(C)=CCl. The Morgan fingerprint density at radius 1 is 1.60 bits per heavy atom. The van der Waals surface area contributed by atoms with Crippen molar-refractivity contribution in [3.63, 3.8) is 0 Å². The van der Waals surface area contributed by atoms with E-state index >= 15 is 0 Å². The van der Waals surface area contributed by atoms with E-state index in [4.69, 9.17) is 11.6 Å². The number of hydrogen-bond donors (Lipinski definition) is 1. The smallest absolute Gasteiger partial charge is 0.0224 e. The maximum absolute atomic E-state index is 5.73. The fourth-order valence-corrected chi connectivity index (χ4v) is 2.27. The van der Waals surface area contributed by atoms with Crippen molar-refractivity contribution in [2.75, 3.05) is 19.6 Å². The molecular formula is C12H23ClN2. The molecule has 2 unspecified atom stereocenters. The van der Waals surface area contributed by atoms with Crippen LogP contribution in [0.3, 0.4) is 0 Å². The van der Waals surface area contributed by atoms with Crippen LogP contribution in [0.15, 0.2) is 11.1 Å². The van der Waals surface area contributed by atoms with Crippen molar-refractivity contribution < 1.29 is 0 Å². The summed E-state index contributed by atoms with van der Waals surface area (Å²) in [6.07, 6.45) is 2.52. The highest BCUT2D eigenvalue weighted by Crippen LogP contribution is 2.14. The molecular weight excluding hydrogens is 208 g/mol. The molecule has 0 radical (unpaired) electrons. The molecule has 1 N–H and O–H groups in total. The summed E-state index contributed by atoms with van der Waals surface area (Å²) < 4.78 is 0. The third-order valence-electron chi connectivity index (χ3n) is 2.99. The summed E-state index contributed by atoms with van der Waals surface area (Å²) in [6.45, 7) is 9.86. The highest BCUT2D eigenvalue weighted by molar-refractivity contribution is 6.25. The Balaban J connectivity index is 2.53. The first-order valence-corrected chi connectivity index (χ1v) is 6.34. The van der Waals surface area contributed by atoms with E-state index in [0.29, 0.717) is 12.1 Å². The van der Waals surface area contributed by atoms with Gasteiger partial charge in [0, 0.05) is 37.3 Å². The van der Waals surface area contributed by atoms with Gasteiger partial charge in [0.05, 0.1) is 0 Å². The molecule has 0 aromatic heterocycles. The third kappa shape index (κ3) is 4.13. The van der Waals surface area contributed by atoms with Gasteiger partial charge in [-0.1, -0.05) is 24.9 Å². The summed E-state index contributed by atoms with van der Waals surface area (Å²) in [5.74, 6) is 0. The van der Waals surface area contributed by atoms with Crippen molar-refractivity contribution in [2.45, 2.75) is 45.7 Å². The lowest BCUT2D eigenvalue weighted by Crippen LogP contribution is -2.55. The number of piperazine rings is 1. The number of nitrogens with one attached hydrogen (secondary N) is 1. The van der Waals surface area contributed by atoms with Gasteiger partial charge in [-0.05, 0) is 25.8 Å². The number of halogens is 1. The standard InChI is InChI=1S/C12H23ClN2/c1-4-5-12-7-14-11(3)9-15(12)8-10(2)6-13/h6,11-12,14H,4-5,7-9H2,1-3H3. The Morgan fingerprint density at radius 2 is 2.33 bits per heavy atom. The lowest BCUT2D eigenvalue weighted by atomic mass is 10.0. The molecule has 1 aliphatic heterocycles. The highest BCUT2D eigenvalue weighted by atomic mass is 35.5. The van der Waals surface area contributed by atoms with Crippen LogP contribution >= 0.6 is 11.6 Å². The zero-order valence-corrected chi connectivity index (χ0v) is 10.8. The van der Waals surface area contributed by atoms with E-state index in [1.54, 1.807) is 5.54 Å². The number of hydrogen-bond acceptors (Lipinski definition) is 2. The number of rotatable bonds is 4. The minimum absolute atomic E-state index is 0.598. The van der Waals surface area contributed by atoms with Gasteiger partial charge in [0.15, 0.2) is 0 Å². The van der Waals surface area contributed by atoms with E-state index in [1.807, 2.05) is 0 Å². The molecule has 2 atom stereocenters. The lowest BCUT2D eigenvalue weighted by Gasteiger charge is -2.39. The molecule has 3 heteroatoms. The molecule has 1 rings (SSSR count). The molecule has 1 fully saturated rings. The van der Waals surface area contributed by atoms with Gasteiger partial charge >= 0.3 is 0 Å². The Morgan fingerprint density at radius 3 is 2.93 bits per heavy atom. The lowest BCUT2D eigenvalue weighted by molar-refractivity contribution is 0.139. The zero-order chi connectivity index (χ0) is 11.3. The van der Waals surface area contributed by atoms with E-state index in [0.717, 1.165) is 19.6 Å². The van der Waals surface area contributed by atoms with Gasteiger partial charge < -0.3 is 5.32 Å². The normalized spacial score (nSPS) is 29.5. The van der Waals surface area contributed by atoms with Gasteiger partial charge in [0.1, 0.15) is 0 Å². The second kappa shape index (κ2) is 6.51. The first kappa shape index (κ1) is 13.0. The van der Waals surface area contributed by atoms with Gasteiger partial charge in [-0.25, -0.2) is 0 Å². The molecule has 2 nitrogen and oxygen atoms in total. The molecule has 15 heavy (non-hydrogen) atoms. The van der Waals surface area contributed by atoms with Crippen molar-refractivity contribution in [1.29, 1.82) is 0 Å². The van der Waals surface area contributed by atoms with Crippen LogP contribution in [0.1, 0.15) is 33.6 Å². The first-order chi connectivity index (χ1) is 7.17. The van der Waals surface area contributed by atoms with Gasteiger partial charge in [-0.15, -0.1) is 0 Å². The predicted molar refractivity (Wildman–Crippen MR) is 67.3 cm³/mol. The van der Waals surface area contributed by atoms with Crippen LogP contribution in [0.4, 0.5) is 0 Å². The van der Waals surface area contributed by atoms with Crippen LogP contribution in [-0.2, 0) is 0 Å². The minimum Gasteiger partial charge on any atom is -0.311 e. The van der Waals surface area contributed by atoms with Crippen LogP contribution in [0.5, 0.6) is 0 Å². The highest BCUT2D eigenvalue weighted by Gasteiger charge is 2.24. The maximum Gasteiger partial charge on any atom is 0.0224 e. The molecule has 0 aromatic rings. The molecule has 0 saturated carbocycles. The number of nitrogens with zero attached hydrogens (tertiary/aromatic N) is 1. The average Bonchev–Trinajstić information content (AvgIpc) is 2.22. The summed E-state index contributed by atoms with van der Waals surface area (Å²) in [4.78, 5) is 2.55. The zero-order valence-electron chi connectivity index (χ0n) is 10.1. The fraction of sp³-hybridized carbons (Fsp3) is 0.833. The van der Waals surface area contributed by atoms with E-state index in [2.05, 4.69) is 31.0 Å². The van der Waals surface area contributed by atoms with Crippen LogP contribution in [0.2, 0.25) is 0 Å². The van der Waals surface area contributed by atoms with Crippen molar-refractivity contribution >= 4 is 11.6 Å². The largest absolute Gasteiger partial charge is 0.311 e. The molecule has 0 bridgehead atoms. The Hall–Kier alpha value is -0.0500. The van der Waals surface area contributed by atoms with Crippen LogP contribution < -0.4 is 5.32 Å². The maximum atomic E-state index is 5.73. The Kier molecular flexibility index (Phi) is 5.65. The van der Waals surface area contributed by atoms with Crippen LogP contribution in [0, 0.1) is 0 Å². The van der Waals surface area contributed by atoms with Crippen molar-refractivity contribution in [3.8, 4) is 0 Å². The van der Waals surface area contributed by atoms with Crippen molar-refractivity contribution in [2.24, 2.45) is 0 Å². The van der Waals surface area contributed by atoms with Gasteiger partial charge in [0.25, 0.3) is 0 Å². The van der Waals surface area contributed by atoms with Crippen LogP contribution in [0.25, 0.3) is 0 Å².